The molecule has 0 aliphatic carbocycles. The van der Waals surface area contributed by atoms with Crippen LogP contribution >= 0.6 is 0 Å². The fourth-order valence-corrected chi connectivity index (χ4v) is 3.28. The number of nitrogens with two attached hydrogens (primary N) is 1. The lowest BCUT2D eigenvalue weighted by atomic mass is 10.1. The van der Waals surface area contributed by atoms with E-state index < -0.39 is 9.84 Å². The molecule has 1 unspecified atom stereocenters. The predicted octanol–water partition coefficient (Wildman–Crippen LogP) is 1.45. The van der Waals surface area contributed by atoms with Crippen LogP contribution in [0.15, 0.2) is 29.2 Å². The number of ether oxygens (including phenoxy) is 1. The molecule has 0 spiro atoms. The molecule has 0 aromatic heterocycles. The smallest absolute Gasteiger partial charge is 0.178 e. The topological polar surface area (TPSA) is 69.4 Å². The minimum absolute atomic E-state index is 0.0760. The van der Waals surface area contributed by atoms with Crippen LogP contribution in [0, 0.1) is 5.92 Å². The molecule has 1 rings (SSSR count). The molecule has 96 valence electrons. The van der Waals surface area contributed by atoms with Crippen LogP contribution in [0.2, 0.25) is 0 Å². The summed E-state index contributed by atoms with van der Waals surface area (Å²) in [5.74, 6) is 0.863. The summed E-state index contributed by atoms with van der Waals surface area (Å²) in [5.41, 5.74) is 5.41. The second-order valence-corrected chi connectivity index (χ2v) is 6.17. The van der Waals surface area contributed by atoms with Crippen molar-refractivity contribution in [2.24, 2.45) is 11.7 Å². The van der Waals surface area contributed by atoms with E-state index in [0.29, 0.717) is 17.2 Å². The first kappa shape index (κ1) is 14.0. The van der Waals surface area contributed by atoms with Crippen LogP contribution in [0.1, 0.15) is 13.3 Å². The Labute approximate surface area is 103 Å². The number of methoxy groups -OCH3 is 1. The lowest BCUT2D eigenvalue weighted by Crippen LogP contribution is -2.17. The van der Waals surface area contributed by atoms with E-state index in [1.807, 2.05) is 6.92 Å². The third-order valence-electron chi connectivity index (χ3n) is 2.58. The molecule has 0 saturated carbocycles. The minimum atomic E-state index is -3.22. The van der Waals surface area contributed by atoms with Gasteiger partial charge in [0.2, 0.25) is 0 Å². The third-order valence-corrected chi connectivity index (χ3v) is 4.58. The molecule has 0 radical (unpaired) electrons. The number of hydrogen-bond acceptors (Lipinski definition) is 4. The number of benzene rings is 1. The summed E-state index contributed by atoms with van der Waals surface area (Å²) in [4.78, 5) is 0.335. The lowest BCUT2D eigenvalue weighted by molar-refractivity contribution is 0.414. The molecule has 0 amide bonds. The molecule has 4 nitrogen and oxygen atoms in total. The van der Waals surface area contributed by atoms with Crippen molar-refractivity contribution in [2.45, 2.75) is 18.2 Å². The van der Waals surface area contributed by atoms with Gasteiger partial charge < -0.3 is 10.5 Å². The van der Waals surface area contributed by atoms with Gasteiger partial charge in [0.25, 0.3) is 0 Å². The summed E-state index contributed by atoms with van der Waals surface area (Å²) in [7, 11) is -1.67. The van der Waals surface area contributed by atoms with Crippen molar-refractivity contribution in [2.75, 3.05) is 19.4 Å². The van der Waals surface area contributed by atoms with Crippen LogP contribution in [0.4, 0.5) is 0 Å². The Morgan fingerprint density at radius 1 is 1.29 bits per heavy atom. The van der Waals surface area contributed by atoms with Crippen LogP contribution in [0.5, 0.6) is 5.75 Å². The minimum Gasteiger partial charge on any atom is -0.497 e. The van der Waals surface area contributed by atoms with Gasteiger partial charge in [0.15, 0.2) is 9.84 Å². The largest absolute Gasteiger partial charge is 0.497 e. The van der Waals surface area contributed by atoms with Gasteiger partial charge in [0.1, 0.15) is 5.75 Å². The van der Waals surface area contributed by atoms with E-state index in [4.69, 9.17) is 10.5 Å². The van der Waals surface area contributed by atoms with Gasteiger partial charge in [0.05, 0.1) is 17.8 Å². The van der Waals surface area contributed by atoms with Crippen molar-refractivity contribution in [3.63, 3.8) is 0 Å². The maximum atomic E-state index is 12.0. The van der Waals surface area contributed by atoms with E-state index in [-0.39, 0.29) is 11.7 Å². The highest BCUT2D eigenvalue weighted by Crippen LogP contribution is 2.19. The number of hydrogen-bond donors (Lipinski definition) is 1. The highest BCUT2D eigenvalue weighted by molar-refractivity contribution is 7.91. The van der Waals surface area contributed by atoms with Gasteiger partial charge in [-0.3, -0.25) is 0 Å². The van der Waals surface area contributed by atoms with Gasteiger partial charge in [-0.05, 0) is 43.1 Å². The monoisotopic (exact) mass is 257 g/mol. The standard InChI is InChI=1S/C12H19NO3S/c1-10(7-8-13)9-17(14,15)12-5-3-11(16-2)4-6-12/h3-6,10H,7-9,13H2,1-2H3. The molecule has 5 heteroatoms. The molecule has 17 heavy (non-hydrogen) atoms. The molecular weight excluding hydrogens is 238 g/mol. The van der Waals surface area contributed by atoms with E-state index in [2.05, 4.69) is 0 Å². The Hall–Kier alpha value is -1.07. The van der Waals surface area contributed by atoms with Gasteiger partial charge in [-0.2, -0.15) is 0 Å². The van der Waals surface area contributed by atoms with E-state index in [9.17, 15) is 8.42 Å². The van der Waals surface area contributed by atoms with Gasteiger partial charge in [-0.1, -0.05) is 6.92 Å². The molecule has 0 saturated heterocycles. The Balaban J connectivity index is 2.82. The molecule has 1 aromatic carbocycles. The summed E-state index contributed by atoms with van der Waals surface area (Å²) < 4.78 is 29.1. The van der Waals surface area contributed by atoms with Crippen LogP contribution in [-0.2, 0) is 9.84 Å². The fraction of sp³-hybridized carbons (Fsp3) is 0.500. The van der Waals surface area contributed by atoms with Crippen molar-refractivity contribution in [3.05, 3.63) is 24.3 Å². The first-order chi connectivity index (χ1) is 7.99. The van der Waals surface area contributed by atoms with Gasteiger partial charge in [-0.25, -0.2) is 8.42 Å². The van der Waals surface area contributed by atoms with E-state index >= 15 is 0 Å². The van der Waals surface area contributed by atoms with Crippen LogP contribution in [-0.4, -0.2) is 27.8 Å². The summed E-state index contributed by atoms with van der Waals surface area (Å²) >= 11 is 0. The zero-order chi connectivity index (χ0) is 12.9. The van der Waals surface area contributed by atoms with Gasteiger partial charge in [-0.15, -0.1) is 0 Å². The van der Waals surface area contributed by atoms with Crippen molar-refractivity contribution < 1.29 is 13.2 Å². The quantitative estimate of drug-likeness (QED) is 0.837. The third kappa shape index (κ3) is 4.02. The summed E-state index contributed by atoms with van der Waals surface area (Å²) in [6.45, 7) is 2.41. The summed E-state index contributed by atoms with van der Waals surface area (Å²) in [5, 5.41) is 0. The highest BCUT2D eigenvalue weighted by atomic mass is 32.2. The maximum Gasteiger partial charge on any atom is 0.178 e. The second-order valence-electron chi connectivity index (χ2n) is 4.14. The lowest BCUT2D eigenvalue weighted by Gasteiger charge is -2.11. The van der Waals surface area contributed by atoms with E-state index in [1.165, 1.54) is 0 Å². The zero-order valence-electron chi connectivity index (χ0n) is 10.2. The van der Waals surface area contributed by atoms with Crippen LogP contribution < -0.4 is 10.5 Å². The Bertz CT molecular complexity index is 439. The van der Waals surface area contributed by atoms with E-state index in [0.717, 1.165) is 6.42 Å². The average molecular weight is 257 g/mol. The Morgan fingerprint density at radius 3 is 2.35 bits per heavy atom. The van der Waals surface area contributed by atoms with Crippen LogP contribution in [0.3, 0.4) is 0 Å². The van der Waals surface area contributed by atoms with Crippen molar-refractivity contribution in [1.82, 2.24) is 0 Å². The molecule has 0 heterocycles. The molecule has 1 aromatic rings. The molecular formula is C12H19NO3S. The van der Waals surface area contributed by atoms with Crippen molar-refractivity contribution in [1.29, 1.82) is 0 Å². The molecule has 2 N–H and O–H groups in total. The van der Waals surface area contributed by atoms with Gasteiger partial charge >= 0.3 is 0 Å². The van der Waals surface area contributed by atoms with Crippen molar-refractivity contribution >= 4 is 9.84 Å². The first-order valence-electron chi connectivity index (χ1n) is 5.56. The molecule has 0 fully saturated rings. The highest BCUT2D eigenvalue weighted by Gasteiger charge is 2.17. The second kappa shape index (κ2) is 6.02. The SMILES string of the molecule is COc1ccc(S(=O)(=O)CC(C)CCN)cc1. The van der Waals surface area contributed by atoms with Crippen molar-refractivity contribution in [3.8, 4) is 5.75 Å². The molecule has 0 aliphatic rings. The molecule has 1 atom stereocenters. The van der Waals surface area contributed by atoms with Gasteiger partial charge in [0, 0.05) is 0 Å². The van der Waals surface area contributed by atoms with E-state index in [1.54, 1.807) is 31.4 Å². The summed E-state index contributed by atoms with van der Waals surface area (Å²) in [6, 6.07) is 6.45. The maximum absolute atomic E-state index is 12.0. The number of rotatable bonds is 6. The number of sulfone groups is 1. The molecule has 0 aliphatic heterocycles. The average Bonchev–Trinajstić information content (AvgIpc) is 2.28. The zero-order valence-corrected chi connectivity index (χ0v) is 11.0. The normalized spacial score (nSPS) is 13.4. The Kier molecular flexibility index (Phi) is 4.96. The predicted molar refractivity (Wildman–Crippen MR) is 67.9 cm³/mol. The van der Waals surface area contributed by atoms with Crippen LogP contribution in [0.25, 0.3) is 0 Å². The summed E-state index contributed by atoms with van der Waals surface area (Å²) in [6.07, 6.45) is 0.718. The Morgan fingerprint density at radius 2 is 1.88 bits per heavy atom. The molecule has 0 bridgehead atoms. The fourth-order valence-electron chi connectivity index (χ4n) is 1.62. The first-order valence-corrected chi connectivity index (χ1v) is 7.21.